The van der Waals surface area contributed by atoms with Gasteiger partial charge in [0.2, 0.25) is 11.8 Å². The van der Waals surface area contributed by atoms with Gasteiger partial charge < -0.3 is 5.32 Å². The van der Waals surface area contributed by atoms with Gasteiger partial charge >= 0.3 is 0 Å². The smallest absolute Gasteiger partial charge is 0.248 e. The molecule has 0 spiro atoms. The third-order valence-corrected chi connectivity index (χ3v) is 6.39. The minimum Gasteiger partial charge on any atom is -0.351 e. The number of aromatic nitrogens is 1. The van der Waals surface area contributed by atoms with Gasteiger partial charge in [0, 0.05) is 29.0 Å². The van der Waals surface area contributed by atoms with Gasteiger partial charge in [-0.3, -0.25) is 19.5 Å². The maximum absolute atomic E-state index is 13.6. The molecular formula is C24H24FN3O2S. The molecule has 4 rings (SSSR count). The molecule has 0 saturated heterocycles. The van der Waals surface area contributed by atoms with Crippen molar-refractivity contribution in [3.05, 3.63) is 82.6 Å². The molecule has 1 N–H and O–H groups in total. The predicted molar refractivity (Wildman–Crippen MR) is 119 cm³/mol. The van der Waals surface area contributed by atoms with Gasteiger partial charge in [-0.2, -0.15) is 0 Å². The van der Waals surface area contributed by atoms with Crippen LogP contribution in [0.1, 0.15) is 42.2 Å². The van der Waals surface area contributed by atoms with Crippen LogP contribution >= 0.6 is 11.3 Å². The Morgan fingerprint density at radius 3 is 2.45 bits per heavy atom. The normalized spacial score (nSPS) is 14.9. The maximum atomic E-state index is 13.6. The maximum Gasteiger partial charge on any atom is 0.248 e. The Kier molecular flexibility index (Phi) is 6.72. The van der Waals surface area contributed by atoms with Gasteiger partial charge in [0.25, 0.3) is 0 Å². The highest BCUT2D eigenvalue weighted by atomic mass is 32.1. The van der Waals surface area contributed by atoms with E-state index >= 15 is 0 Å². The lowest BCUT2D eigenvalue weighted by atomic mass is 10.0. The number of nitrogens with one attached hydrogen (secondary N) is 1. The van der Waals surface area contributed by atoms with Crippen molar-refractivity contribution in [3.8, 4) is 0 Å². The molecule has 2 heterocycles. The first-order valence-electron chi connectivity index (χ1n) is 10.4. The van der Waals surface area contributed by atoms with E-state index in [-0.39, 0.29) is 24.3 Å². The Morgan fingerprint density at radius 1 is 1.10 bits per heavy atom. The number of pyridine rings is 1. The molecule has 2 aromatic heterocycles. The van der Waals surface area contributed by atoms with Gasteiger partial charge in [-0.05, 0) is 66.2 Å². The lowest BCUT2D eigenvalue weighted by Crippen LogP contribution is -2.46. The lowest BCUT2D eigenvalue weighted by molar-refractivity contribution is -0.127. The molecule has 1 saturated carbocycles. The lowest BCUT2D eigenvalue weighted by Gasteiger charge is -2.32. The Hall–Kier alpha value is -3.06. The zero-order valence-corrected chi connectivity index (χ0v) is 17.9. The third kappa shape index (κ3) is 5.17. The van der Waals surface area contributed by atoms with Crippen LogP contribution in [0.25, 0.3) is 0 Å². The summed E-state index contributed by atoms with van der Waals surface area (Å²) in [6, 6.07) is 12.2. The highest BCUT2D eigenvalue weighted by molar-refractivity contribution is 7.10. The Morgan fingerprint density at radius 2 is 1.81 bits per heavy atom. The summed E-state index contributed by atoms with van der Waals surface area (Å²) >= 11 is 1.49. The fraction of sp³-hybridized carbons (Fsp3) is 0.292. The third-order valence-electron chi connectivity index (χ3n) is 5.51. The average molecular weight is 438 g/mol. The molecule has 0 radical (unpaired) electrons. The summed E-state index contributed by atoms with van der Waals surface area (Å²) in [7, 11) is 0. The molecule has 1 aromatic carbocycles. The Labute approximate surface area is 184 Å². The number of carbonyl (C=O) groups excluding carboxylic acids is 2. The summed E-state index contributed by atoms with van der Waals surface area (Å²) in [6.45, 7) is 0. The van der Waals surface area contributed by atoms with Crippen LogP contribution in [0, 0.1) is 5.82 Å². The van der Waals surface area contributed by atoms with Crippen molar-refractivity contribution in [2.75, 3.05) is 4.90 Å². The second-order valence-corrected chi connectivity index (χ2v) is 8.70. The minimum absolute atomic E-state index is 0.110. The fourth-order valence-electron chi connectivity index (χ4n) is 4.00. The first kappa shape index (κ1) is 21.2. The molecule has 0 unspecified atom stereocenters. The number of benzene rings is 1. The van der Waals surface area contributed by atoms with E-state index in [1.54, 1.807) is 36.7 Å². The molecule has 7 heteroatoms. The van der Waals surface area contributed by atoms with Crippen LogP contribution in [0.4, 0.5) is 10.1 Å². The van der Waals surface area contributed by atoms with Crippen molar-refractivity contribution in [1.82, 2.24) is 10.3 Å². The highest BCUT2D eigenvalue weighted by Gasteiger charge is 2.34. The number of nitrogens with zero attached hydrogens (tertiary/aromatic N) is 2. The van der Waals surface area contributed by atoms with Gasteiger partial charge in [-0.1, -0.05) is 18.9 Å². The van der Waals surface area contributed by atoms with E-state index in [0.29, 0.717) is 11.3 Å². The number of hydrogen-bond acceptors (Lipinski definition) is 4. The fourth-order valence-corrected chi connectivity index (χ4v) is 4.70. The van der Waals surface area contributed by atoms with Gasteiger partial charge in [0.15, 0.2) is 0 Å². The number of thiophene rings is 1. The van der Waals surface area contributed by atoms with Crippen LogP contribution in [0.5, 0.6) is 0 Å². The molecule has 5 nitrogen and oxygen atoms in total. The standard InChI is InChI=1S/C24H24FN3O2S/c25-18-7-9-20(10-8-18)28(22(29)16-21-6-3-15-31-21)23(17-11-13-26-14-12-17)24(30)27-19-4-1-2-5-19/h3,6-15,19,23H,1-2,4-5,16H2,(H,27,30)/t23-/m0/s1. The van der Waals surface area contributed by atoms with Crippen molar-refractivity contribution >= 4 is 28.8 Å². The first-order chi connectivity index (χ1) is 15.1. The largest absolute Gasteiger partial charge is 0.351 e. The summed E-state index contributed by atoms with van der Waals surface area (Å²) in [5.41, 5.74) is 1.14. The number of anilines is 1. The topological polar surface area (TPSA) is 62.3 Å². The van der Waals surface area contributed by atoms with E-state index in [9.17, 15) is 14.0 Å². The SMILES string of the molecule is O=C(NC1CCCC1)[C@H](c1ccncc1)N(C(=O)Cc1cccs1)c1ccc(F)cc1. The summed E-state index contributed by atoms with van der Waals surface area (Å²) in [5, 5.41) is 5.04. The molecule has 1 aliphatic rings. The van der Waals surface area contributed by atoms with Crippen molar-refractivity contribution in [2.24, 2.45) is 0 Å². The number of amides is 2. The van der Waals surface area contributed by atoms with E-state index < -0.39 is 11.9 Å². The van der Waals surface area contributed by atoms with Crippen molar-refractivity contribution in [2.45, 2.75) is 44.2 Å². The molecule has 1 atom stereocenters. The average Bonchev–Trinajstić information content (AvgIpc) is 3.47. The van der Waals surface area contributed by atoms with Crippen molar-refractivity contribution < 1.29 is 14.0 Å². The van der Waals surface area contributed by atoms with Crippen LogP contribution in [0.15, 0.2) is 66.3 Å². The highest BCUT2D eigenvalue weighted by Crippen LogP contribution is 2.30. The quantitative estimate of drug-likeness (QED) is 0.585. The van der Waals surface area contributed by atoms with Crippen LogP contribution in [-0.4, -0.2) is 22.8 Å². The van der Waals surface area contributed by atoms with E-state index in [4.69, 9.17) is 0 Å². The monoisotopic (exact) mass is 437 g/mol. The second kappa shape index (κ2) is 9.83. The molecule has 1 fully saturated rings. The minimum atomic E-state index is -0.874. The first-order valence-corrected chi connectivity index (χ1v) is 11.3. The molecule has 1 aliphatic carbocycles. The summed E-state index contributed by atoms with van der Waals surface area (Å²) < 4.78 is 13.6. The number of halogens is 1. The van der Waals surface area contributed by atoms with Crippen LogP contribution < -0.4 is 10.2 Å². The summed E-state index contributed by atoms with van der Waals surface area (Å²) in [4.78, 5) is 33.4. The van der Waals surface area contributed by atoms with E-state index in [0.717, 1.165) is 30.6 Å². The molecule has 0 bridgehead atoms. The van der Waals surface area contributed by atoms with E-state index in [2.05, 4.69) is 10.3 Å². The molecule has 2 amide bonds. The van der Waals surface area contributed by atoms with Gasteiger partial charge in [0.05, 0.1) is 6.42 Å². The number of hydrogen-bond donors (Lipinski definition) is 1. The molecular weight excluding hydrogens is 413 g/mol. The molecule has 3 aromatic rings. The van der Waals surface area contributed by atoms with E-state index in [1.807, 2.05) is 17.5 Å². The second-order valence-electron chi connectivity index (χ2n) is 7.67. The van der Waals surface area contributed by atoms with Crippen molar-refractivity contribution in [1.29, 1.82) is 0 Å². The molecule has 31 heavy (non-hydrogen) atoms. The van der Waals surface area contributed by atoms with Crippen molar-refractivity contribution in [3.63, 3.8) is 0 Å². The number of rotatable bonds is 7. The summed E-state index contributed by atoms with van der Waals surface area (Å²) in [5.74, 6) is -0.857. The Bertz CT molecular complexity index is 1000. The van der Waals surface area contributed by atoms with E-state index in [1.165, 1.54) is 28.4 Å². The molecule has 0 aliphatic heterocycles. The zero-order valence-electron chi connectivity index (χ0n) is 17.0. The van der Waals surface area contributed by atoms with Gasteiger partial charge in [-0.25, -0.2) is 4.39 Å². The van der Waals surface area contributed by atoms with Crippen LogP contribution in [-0.2, 0) is 16.0 Å². The summed E-state index contributed by atoms with van der Waals surface area (Å²) in [6.07, 6.45) is 7.43. The van der Waals surface area contributed by atoms with Gasteiger partial charge in [-0.15, -0.1) is 11.3 Å². The number of carbonyl (C=O) groups is 2. The zero-order chi connectivity index (χ0) is 21.6. The molecule has 160 valence electrons. The Balaban J connectivity index is 1.73. The van der Waals surface area contributed by atoms with Gasteiger partial charge in [0.1, 0.15) is 11.9 Å². The van der Waals surface area contributed by atoms with Crippen LogP contribution in [0.2, 0.25) is 0 Å². The van der Waals surface area contributed by atoms with Crippen LogP contribution in [0.3, 0.4) is 0 Å². The predicted octanol–water partition coefficient (Wildman–Crippen LogP) is 4.66.